The second-order valence-corrected chi connectivity index (χ2v) is 5.06. The predicted molar refractivity (Wildman–Crippen MR) is 71.2 cm³/mol. The Hall–Kier alpha value is -1.40. The lowest BCUT2D eigenvalue weighted by Gasteiger charge is -2.22. The van der Waals surface area contributed by atoms with Crippen LogP contribution in [0.25, 0.3) is 0 Å². The van der Waals surface area contributed by atoms with Crippen LogP contribution in [0.2, 0.25) is 0 Å². The molecule has 0 amide bonds. The molecular weight excluding hydrogens is 246 g/mol. The Balaban J connectivity index is 1.96. The lowest BCUT2D eigenvalue weighted by Crippen LogP contribution is -2.29. The maximum Gasteiger partial charge on any atom is 0.270 e. The fourth-order valence-electron chi connectivity index (χ4n) is 2.03. The molecule has 1 saturated heterocycles. The first-order valence-corrected chi connectivity index (χ1v) is 6.68. The predicted octanol–water partition coefficient (Wildman–Crippen LogP) is 0.396. The van der Waals surface area contributed by atoms with E-state index < -0.39 is 0 Å². The van der Waals surface area contributed by atoms with Crippen molar-refractivity contribution in [2.75, 3.05) is 19.8 Å². The number of hydrogen-bond donors (Lipinski definition) is 1. The molecule has 0 radical (unpaired) electrons. The summed E-state index contributed by atoms with van der Waals surface area (Å²) in [4.78, 5) is 11.9. The maximum atomic E-state index is 11.9. The average molecular weight is 267 g/mol. The smallest absolute Gasteiger partial charge is 0.270 e. The van der Waals surface area contributed by atoms with Crippen molar-refractivity contribution in [3.05, 3.63) is 22.6 Å². The maximum absolute atomic E-state index is 11.9. The number of nitrogens with zero attached hydrogens (tertiary/aromatic N) is 2. The largest absolute Gasteiger partial charge is 0.490 e. The van der Waals surface area contributed by atoms with E-state index in [0.717, 1.165) is 26.1 Å². The standard InChI is InChI=1S/C13H21N3O3/c1-10(14)9-19-12-6-13(17)16(15-7-12)8-11-2-4-18-5-3-11/h6-7,10-11H,2-5,8-9,14H2,1H3. The lowest BCUT2D eigenvalue weighted by molar-refractivity contribution is 0.0596. The van der Waals surface area contributed by atoms with Crippen LogP contribution in [0.15, 0.2) is 17.1 Å². The molecule has 0 saturated carbocycles. The Morgan fingerprint density at radius 2 is 2.32 bits per heavy atom. The van der Waals surface area contributed by atoms with Crippen LogP contribution in [-0.4, -0.2) is 35.6 Å². The summed E-state index contributed by atoms with van der Waals surface area (Å²) in [6, 6.07) is 1.40. The SMILES string of the molecule is CC(N)COc1cnn(CC2CCOCC2)c(=O)c1. The molecule has 0 aliphatic carbocycles. The normalized spacial score (nSPS) is 18.2. The van der Waals surface area contributed by atoms with Gasteiger partial charge in [-0.25, -0.2) is 4.68 Å². The molecule has 1 aliphatic heterocycles. The van der Waals surface area contributed by atoms with Crippen LogP contribution in [0.5, 0.6) is 5.75 Å². The molecule has 1 fully saturated rings. The number of ether oxygens (including phenoxy) is 2. The zero-order chi connectivity index (χ0) is 13.7. The molecule has 1 unspecified atom stereocenters. The molecule has 1 aromatic heterocycles. The van der Waals surface area contributed by atoms with E-state index in [1.165, 1.54) is 10.7 Å². The van der Waals surface area contributed by atoms with Gasteiger partial charge in [-0.15, -0.1) is 0 Å². The summed E-state index contributed by atoms with van der Waals surface area (Å²) in [5, 5.41) is 4.15. The Kier molecular flexibility index (Phi) is 4.93. The third kappa shape index (κ3) is 4.33. The fraction of sp³-hybridized carbons (Fsp3) is 0.692. The molecular formula is C13H21N3O3. The molecule has 2 N–H and O–H groups in total. The van der Waals surface area contributed by atoms with E-state index in [1.54, 1.807) is 6.20 Å². The van der Waals surface area contributed by atoms with Gasteiger partial charge in [0.25, 0.3) is 5.56 Å². The van der Waals surface area contributed by atoms with Gasteiger partial charge in [-0.1, -0.05) is 0 Å². The van der Waals surface area contributed by atoms with E-state index in [1.807, 2.05) is 6.92 Å². The summed E-state index contributed by atoms with van der Waals surface area (Å²) in [5.41, 5.74) is 5.46. The molecule has 1 atom stereocenters. The quantitative estimate of drug-likeness (QED) is 0.835. The number of aromatic nitrogens is 2. The van der Waals surface area contributed by atoms with Gasteiger partial charge in [0.15, 0.2) is 0 Å². The van der Waals surface area contributed by atoms with Crippen molar-refractivity contribution in [2.24, 2.45) is 11.7 Å². The highest BCUT2D eigenvalue weighted by atomic mass is 16.5. The fourth-order valence-corrected chi connectivity index (χ4v) is 2.03. The van der Waals surface area contributed by atoms with Gasteiger partial charge in [-0.05, 0) is 25.7 Å². The van der Waals surface area contributed by atoms with Crippen molar-refractivity contribution < 1.29 is 9.47 Å². The molecule has 6 heteroatoms. The van der Waals surface area contributed by atoms with Crippen molar-refractivity contribution in [1.29, 1.82) is 0 Å². The second-order valence-electron chi connectivity index (χ2n) is 5.06. The lowest BCUT2D eigenvalue weighted by atomic mass is 10.0. The van der Waals surface area contributed by atoms with Crippen LogP contribution in [0.1, 0.15) is 19.8 Å². The van der Waals surface area contributed by atoms with Crippen molar-refractivity contribution in [2.45, 2.75) is 32.4 Å². The van der Waals surface area contributed by atoms with E-state index in [9.17, 15) is 4.79 Å². The molecule has 2 rings (SSSR count). The molecule has 19 heavy (non-hydrogen) atoms. The summed E-state index contributed by atoms with van der Waals surface area (Å²) < 4.78 is 12.2. The van der Waals surface area contributed by atoms with Crippen LogP contribution in [-0.2, 0) is 11.3 Å². The van der Waals surface area contributed by atoms with Crippen molar-refractivity contribution in [1.82, 2.24) is 9.78 Å². The van der Waals surface area contributed by atoms with Crippen molar-refractivity contribution in [3.8, 4) is 5.75 Å². The summed E-state index contributed by atoms with van der Waals surface area (Å²) in [6.07, 6.45) is 3.54. The van der Waals surface area contributed by atoms with Crippen LogP contribution >= 0.6 is 0 Å². The van der Waals surface area contributed by atoms with Gasteiger partial charge in [0.2, 0.25) is 0 Å². The van der Waals surface area contributed by atoms with Crippen molar-refractivity contribution in [3.63, 3.8) is 0 Å². The van der Waals surface area contributed by atoms with E-state index >= 15 is 0 Å². The summed E-state index contributed by atoms with van der Waals surface area (Å²) >= 11 is 0. The molecule has 106 valence electrons. The van der Waals surface area contributed by atoms with Crippen LogP contribution in [0, 0.1) is 5.92 Å². The minimum atomic E-state index is -0.131. The Bertz CT molecular complexity index is 453. The summed E-state index contributed by atoms with van der Waals surface area (Å²) in [7, 11) is 0. The van der Waals surface area contributed by atoms with Gasteiger partial charge in [0.05, 0.1) is 6.20 Å². The second kappa shape index (κ2) is 6.68. The molecule has 0 spiro atoms. The monoisotopic (exact) mass is 267 g/mol. The highest BCUT2D eigenvalue weighted by Gasteiger charge is 2.15. The molecule has 2 heterocycles. The molecule has 6 nitrogen and oxygen atoms in total. The molecule has 1 aliphatic rings. The molecule has 0 aromatic carbocycles. The number of rotatable bonds is 5. The van der Waals surface area contributed by atoms with Gasteiger partial charge in [-0.3, -0.25) is 4.79 Å². The zero-order valence-corrected chi connectivity index (χ0v) is 11.2. The van der Waals surface area contributed by atoms with E-state index in [-0.39, 0.29) is 11.6 Å². The van der Waals surface area contributed by atoms with E-state index in [2.05, 4.69) is 5.10 Å². The van der Waals surface area contributed by atoms with Gasteiger partial charge in [-0.2, -0.15) is 5.10 Å². The third-order valence-corrected chi connectivity index (χ3v) is 3.13. The van der Waals surface area contributed by atoms with Crippen LogP contribution in [0.3, 0.4) is 0 Å². The van der Waals surface area contributed by atoms with Gasteiger partial charge >= 0.3 is 0 Å². The summed E-state index contributed by atoms with van der Waals surface area (Å²) in [6.45, 7) is 4.42. The first-order chi connectivity index (χ1) is 9.15. The van der Waals surface area contributed by atoms with Crippen LogP contribution < -0.4 is 16.0 Å². The summed E-state index contributed by atoms with van der Waals surface area (Å²) in [5.74, 6) is 0.945. The Morgan fingerprint density at radius 1 is 1.58 bits per heavy atom. The molecule has 0 bridgehead atoms. The Labute approximate surface area is 112 Å². The van der Waals surface area contributed by atoms with Crippen LogP contribution in [0.4, 0.5) is 0 Å². The zero-order valence-electron chi connectivity index (χ0n) is 11.2. The topological polar surface area (TPSA) is 79.4 Å². The Morgan fingerprint density at radius 3 is 2.95 bits per heavy atom. The minimum absolute atomic E-state index is 0.0651. The highest BCUT2D eigenvalue weighted by Crippen LogP contribution is 2.15. The van der Waals surface area contributed by atoms with Gasteiger partial charge in [0.1, 0.15) is 12.4 Å². The first kappa shape index (κ1) is 14.0. The van der Waals surface area contributed by atoms with E-state index in [4.69, 9.17) is 15.2 Å². The van der Waals surface area contributed by atoms with Crippen molar-refractivity contribution >= 4 is 0 Å². The average Bonchev–Trinajstić information content (AvgIpc) is 2.40. The number of nitrogens with two attached hydrogens (primary N) is 1. The number of hydrogen-bond acceptors (Lipinski definition) is 5. The minimum Gasteiger partial charge on any atom is -0.490 e. The third-order valence-electron chi connectivity index (χ3n) is 3.13. The molecule has 1 aromatic rings. The van der Waals surface area contributed by atoms with Gasteiger partial charge in [0, 0.05) is 31.9 Å². The highest BCUT2D eigenvalue weighted by molar-refractivity contribution is 5.13. The van der Waals surface area contributed by atoms with Gasteiger partial charge < -0.3 is 15.2 Å². The van der Waals surface area contributed by atoms with E-state index in [0.29, 0.717) is 24.8 Å². The first-order valence-electron chi connectivity index (χ1n) is 6.68.